The third kappa shape index (κ3) is 4.26. The molecule has 3 aromatic rings. The SMILES string of the molecule is O=C(Nc1nnc(-c2ccc(Cl)cc2)o1)[C@@H]1CCCN1S(=O)(=O)c1ccc2c(c1)OCCO2. The second-order valence-corrected chi connectivity index (χ2v) is 9.81. The Kier molecular flexibility index (Phi) is 5.69. The van der Waals surface area contributed by atoms with Gasteiger partial charge in [0.2, 0.25) is 21.8 Å². The Hall–Kier alpha value is -3.15. The number of anilines is 1. The molecular formula is C21H19ClN4O6S. The smallest absolute Gasteiger partial charge is 0.322 e. The van der Waals surface area contributed by atoms with Gasteiger partial charge < -0.3 is 13.9 Å². The van der Waals surface area contributed by atoms with Crippen molar-refractivity contribution < 1.29 is 27.1 Å². The summed E-state index contributed by atoms with van der Waals surface area (Å²) in [5.74, 6) is 0.515. The first kappa shape index (κ1) is 21.7. The van der Waals surface area contributed by atoms with E-state index in [-0.39, 0.29) is 23.3 Å². The molecule has 12 heteroatoms. The van der Waals surface area contributed by atoms with Gasteiger partial charge in [-0.15, -0.1) is 5.10 Å². The lowest BCUT2D eigenvalue weighted by Crippen LogP contribution is -2.43. The number of carbonyl (C=O) groups is 1. The molecule has 0 saturated carbocycles. The molecule has 1 atom stereocenters. The molecule has 2 aliphatic heterocycles. The van der Waals surface area contributed by atoms with Crippen LogP contribution in [0.25, 0.3) is 11.5 Å². The Morgan fingerprint density at radius 1 is 1.06 bits per heavy atom. The minimum absolute atomic E-state index is 0.0364. The highest BCUT2D eigenvalue weighted by Gasteiger charge is 2.40. The Balaban J connectivity index is 1.33. The zero-order valence-electron chi connectivity index (χ0n) is 17.2. The van der Waals surface area contributed by atoms with Crippen LogP contribution in [0.1, 0.15) is 12.8 Å². The normalized spacial score (nSPS) is 18.3. The summed E-state index contributed by atoms with van der Waals surface area (Å²) in [5.41, 5.74) is 0.635. The summed E-state index contributed by atoms with van der Waals surface area (Å²) in [6.45, 7) is 0.963. The van der Waals surface area contributed by atoms with Crippen LogP contribution in [0, 0.1) is 0 Å². The molecule has 0 bridgehead atoms. The molecular weight excluding hydrogens is 472 g/mol. The van der Waals surface area contributed by atoms with Crippen LogP contribution in [0.5, 0.6) is 11.5 Å². The van der Waals surface area contributed by atoms with Gasteiger partial charge in [0.25, 0.3) is 0 Å². The lowest BCUT2D eigenvalue weighted by molar-refractivity contribution is -0.119. The van der Waals surface area contributed by atoms with E-state index in [9.17, 15) is 13.2 Å². The quantitative estimate of drug-likeness (QED) is 0.579. The fourth-order valence-electron chi connectivity index (χ4n) is 3.78. The topological polar surface area (TPSA) is 124 Å². The summed E-state index contributed by atoms with van der Waals surface area (Å²) in [6.07, 6.45) is 0.912. The number of rotatable bonds is 5. The van der Waals surface area contributed by atoms with E-state index < -0.39 is 22.0 Å². The molecule has 33 heavy (non-hydrogen) atoms. The van der Waals surface area contributed by atoms with Crippen molar-refractivity contribution in [1.82, 2.24) is 14.5 Å². The first-order valence-corrected chi connectivity index (χ1v) is 12.1. The number of aromatic nitrogens is 2. The molecule has 1 aromatic heterocycles. The molecule has 0 spiro atoms. The molecule has 1 amide bonds. The van der Waals surface area contributed by atoms with Crippen molar-refractivity contribution in [3.63, 3.8) is 0 Å². The molecule has 2 aliphatic rings. The fourth-order valence-corrected chi connectivity index (χ4v) is 5.58. The molecule has 1 fully saturated rings. The first-order valence-electron chi connectivity index (χ1n) is 10.2. The summed E-state index contributed by atoms with van der Waals surface area (Å²) < 4.78 is 44.2. The largest absolute Gasteiger partial charge is 0.486 e. The zero-order chi connectivity index (χ0) is 23.0. The Bertz CT molecular complexity index is 1290. The van der Waals surface area contributed by atoms with Crippen LogP contribution in [0.4, 0.5) is 6.01 Å². The third-order valence-corrected chi connectivity index (χ3v) is 7.53. The summed E-state index contributed by atoms with van der Waals surface area (Å²) in [4.78, 5) is 13.0. The van der Waals surface area contributed by atoms with E-state index >= 15 is 0 Å². The fraction of sp³-hybridized carbons (Fsp3) is 0.286. The molecule has 0 aliphatic carbocycles. The standard InChI is InChI=1S/C21H19ClN4O6S/c22-14-5-3-13(4-6-14)20-24-25-21(32-20)23-19(27)16-2-1-9-26(16)33(28,29)15-7-8-17-18(12-15)31-11-10-30-17/h3-8,12,16H,1-2,9-11H2,(H,23,25,27)/t16-/m0/s1. The van der Waals surface area contributed by atoms with Gasteiger partial charge in [-0.25, -0.2) is 8.42 Å². The maximum atomic E-state index is 13.3. The van der Waals surface area contributed by atoms with Crippen LogP contribution in [-0.2, 0) is 14.8 Å². The molecule has 5 rings (SSSR count). The number of amides is 1. The number of fused-ring (bicyclic) bond motifs is 1. The van der Waals surface area contributed by atoms with E-state index in [0.717, 1.165) is 0 Å². The molecule has 10 nitrogen and oxygen atoms in total. The molecule has 0 radical (unpaired) electrons. The van der Waals surface area contributed by atoms with Gasteiger partial charge in [-0.05, 0) is 49.2 Å². The van der Waals surface area contributed by atoms with E-state index in [1.807, 2.05) is 0 Å². The van der Waals surface area contributed by atoms with E-state index in [0.29, 0.717) is 48.1 Å². The summed E-state index contributed by atoms with van der Waals surface area (Å²) in [6, 6.07) is 10.2. The molecule has 3 heterocycles. The monoisotopic (exact) mass is 490 g/mol. The maximum Gasteiger partial charge on any atom is 0.322 e. The van der Waals surface area contributed by atoms with Gasteiger partial charge in [-0.1, -0.05) is 16.7 Å². The summed E-state index contributed by atoms with van der Waals surface area (Å²) in [7, 11) is -3.94. The van der Waals surface area contributed by atoms with Crippen molar-refractivity contribution in [2.45, 2.75) is 23.8 Å². The van der Waals surface area contributed by atoms with Gasteiger partial charge in [0.1, 0.15) is 19.3 Å². The van der Waals surface area contributed by atoms with Gasteiger partial charge in [0, 0.05) is 23.2 Å². The lowest BCUT2D eigenvalue weighted by atomic mass is 10.2. The van der Waals surface area contributed by atoms with Crippen LogP contribution in [0.15, 0.2) is 51.8 Å². The van der Waals surface area contributed by atoms with Gasteiger partial charge in [0.15, 0.2) is 11.5 Å². The van der Waals surface area contributed by atoms with Crippen molar-refractivity contribution in [2.75, 3.05) is 25.1 Å². The maximum absolute atomic E-state index is 13.3. The molecule has 1 saturated heterocycles. The van der Waals surface area contributed by atoms with Crippen LogP contribution < -0.4 is 14.8 Å². The predicted molar refractivity (Wildman–Crippen MR) is 118 cm³/mol. The zero-order valence-corrected chi connectivity index (χ0v) is 18.8. The number of halogens is 1. The number of carbonyl (C=O) groups excluding carboxylic acids is 1. The van der Waals surface area contributed by atoms with Crippen molar-refractivity contribution in [1.29, 1.82) is 0 Å². The van der Waals surface area contributed by atoms with Crippen molar-refractivity contribution >= 4 is 33.5 Å². The minimum atomic E-state index is -3.94. The van der Waals surface area contributed by atoms with Gasteiger partial charge in [-0.2, -0.15) is 4.31 Å². The number of ether oxygens (including phenoxy) is 2. The Morgan fingerprint density at radius 3 is 2.61 bits per heavy atom. The van der Waals surface area contributed by atoms with Crippen LogP contribution in [0.2, 0.25) is 5.02 Å². The van der Waals surface area contributed by atoms with Crippen LogP contribution in [0.3, 0.4) is 0 Å². The van der Waals surface area contributed by atoms with Gasteiger partial charge in [-0.3, -0.25) is 10.1 Å². The highest BCUT2D eigenvalue weighted by atomic mass is 35.5. The second-order valence-electron chi connectivity index (χ2n) is 7.49. The molecule has 1 N–H and O–H groups in total. The average Bonchev–Trinajstić information content (AvgIpc) is 3.50. The molecule has 172 valence electrons. The predicted octanol–water partition coefficient (Wildman–Crippen LogP) is 2.95. The van der Waals surface area contributed by atoms with E-state index in [2.05, 4.69) is 15.5 Å². The number of nitrogens with one attached hydrogen (secondary N) is 1. The van der Waals surface area contributed by atoms with E-state index in [1.165, 1.54) is 16.4 Å². The van der Waals surface area contributed by atoms with E-state index in [4.69, 9.17) is 25.5 Å². The second kappa shape index (κ2) is 8.65. The highest BCUT2D eigenvalue weighted by Crippen LogP contribution is 2.35. The van der Waals surface area contributed by atoms with Crippen LogP contribution in [-0.4, -0.2) is 54.6 Å². The summed E-state index contributed by atoms with van der Waals surface area (Å²) in [5, 5.41) is 10.9. The number of benzene rings is 2. The number of sulfonamides is 1. The summed E-state index contributed by atoms with van der Waals surface area (Å²) >= 11 is 5.88. The van der Waals surface area contributed by atoms with Crippen molar-refractivity contribution in [3.05, 3.63) is 47.5 Å². The van der Waals surface area contributed by atoms with Gasteiger partial charge in [0.05, 0.1) is 4.90 Å². The van der Waals surface area contributed by atoms with Crippen molar-refractivity contribution in [3.8, 4) is 23.0 Å². The molecule has 0 unspecified atom stereocenters. The first-order chi connectivity index (χ1) is 15.9. The number of nitrogens with zero attached hydrogens (tertiary/aromatic N) is 3. The highest BCUT2D eigenvalue weighted by molar-refractivity contribution is 7.89. The number of hydrogen-bond donors (Lipinski definition) is 1. The number of hydrogen-bond acceptors (Lipinski definition) is 8. The van der Waals surface area contributed by atoms with E-state index in [1.54, 1.807) is 30.3 Å². The minimum Gasteiger partial charge on any atom is -0.486 e. The molecule has 2 aromatic carbocycles. The van der Waals surface area contributed by atoms with Gasteiger partial charge >= 0.3 is 6.01 Å². The van der Waals surface area contributed by atoms with Crippen molar-refractivity contribution in [2.24, 2.45) is 0 Å². The average molecular weight is 491 g/mol. The lowest BCUT2D eigenvalue weighted by Gasteiger charge is -2.24. The Labute approximate surface area is 194 Å². The third-order valence-electron chi connectivity index (χ3n) is 5.37. The van der Waals surface area contributed by atoms with Crippen LogP contribution >= 0.6 is 11.6 Å². The Morgan fingerprint density at radius 2 is 1.82 bits per heavy atom.